The van der Waals surface area contributed by atoms with Crippen LogP contribution in [-0.4, -0.2) is 29.7 Å². The molecule has 0 amide bonds. The van der Waals surface area contributed by atoms with Crippen molar-refractivity contribution in [2.75, 3.05) is 13.2 Å². The van der Waals surface area contributed by atoms with Gasteiger partial charge in [-0.1, -0.05) is 19.9 Å². The van der Waals surface area contributed by atoms with Crippen molar-refractivity contribution >= 4 is 10.2 Å². The molecule has 0 saturated carbocycles. The van der Waals surface area contributed by atoms with Crippen molar-refractivity contribution in [2.45, 2.75) is 45.4 Å². The van der Waals surface area contributed by atoms with Crippen molar-refractivity contribution in [1.82, 2.24) is 0 Å². The molecule has 0 unspecified atom stereocenters. The quantitative estimate of drug-likeness (QED) is 0.425. The fraction of sp³-hybridized carbons (Fsp3) is 1.00. The van der Waals surface area contributed by atoms with E-state index in [2.05, 4.69) is 13.8 Å². The first-order chi connectivity index (χ1) is 5.85. The molecule has 0 atom stereocenters. The lowest BCUT2D eigenvalue weighted by molar-refractivity contribution is -0.143. The highest BCUT2D eigenvalue weighted by molar-refractivity contribution is 6.08. The van der Waals surface area contributed by atoms with Gasteiger partial charge < -0.3 is 9.47 Å². The summed E-state index contributed by atoms with van der Waals surface area (Å²) in [6, 6.07) is 1.26. The van der Waals surface area contributed by atoms with E-state index in [0.717, 1.165) is 32.5 Å². The van der Waals surface area contributed by atoms with Gasteiger partial charge in [-0.3, -0.25) is 0 Å². The molecule has 0 heterocycles. The second-order valence-electron chi connectivity index (χ2n) is 2.96. The minimum atomic E-state index is 0.0717. The molecule has 0 fully saturated rings. The summed E-state index contributed by atoms with van der Waals surface area (Å²) < 4.78 is 11.1. The van der Waals surface area contributed by atoms with Crippen LogP contribution in [0.3, 0.4) is 0 Å². The lowest BCUT2D eigenvalue weighted by Gasteiger charge is -2.16. The average molecular weight is 190 g/mol. The van der Waals surface area contributed by atoms with E-state index in [1.807, 2.05) is 0 Å². The largest absolute Gasteiger partial charge is 0.353 e. The topological polar surface area (TPSA) is 18.5 Å². The number of ether oxygens (including phenoxy) is 2. The Morgan fingerprint density at radius 3 is 1.92 bits per heavy atom. The first kappa shape index (κ1) is 12.1. The van der Waals surface area contributed by atoms with Crippen LogP contribution in [0.4, 0.5) is 0 Å². The Morgan fingerprint density at radius 2 is 1.58 bits per heavy atom. The van der Waals surface area contributed by atoms with Gasteiger partial charge in [-0.15, -0.1) is 0 Å². The van der Waals surface area contributed by atoms with Crippen LogP contribution >= 0.6 is 0 Å². The van der Waals surface area contributed by atoms with E-state index in [-0.39, 0.29) is 6.29 Å². The zero-order chi connectivity index (χ0) is 9.23. The maximum absolute atomic E-state index is 5.53. The summed E-state index contributed by atoms with van der Waals surface area (Å²) in [6.45, 7) is 5.90. The normalized spacial score (nSPS) is 11.2. The molecular weight excluding hydrogens is 168 g/mol. The molecule has 0 aliphatic rings. The van der Waals surface area contributed by atoms with Crippen LogP contribution in [0.1, 0.15) is 33.1 Å². The first-order valence-electron chi connectivity index (χ1n) is 5.08. The van der Waals surface area contributed by atoms with Crippen molar-refractivity contribution in [3.63, 3.8) is 0 Å². The highest BCUT2D eigenvalue weighted by Crippen LogP contribution is 2.04. The Hall–Kier alpha value is 0.137. The summed E-state index contributed by atoms with van der Waals surface area (Å²) in [5.74, 6) is 0. The molecule has 0 saturated heterocycles. The van der Waals surface area contributed by atoms with Gasteiger partial charge in [0.15, 0.2) is 6.29 Å². The first-order valence-corrected chi connectivity index (χ1v) is 6.49. The summed E-state index contributed by atoms with van der Waals surface area (Å²) in [5, 5.41) is 0. The predicted molar refractivity (Wildman–Crippen MR) is 55.6 cm³/mol. The molecule has 0 aromatic rings. The van der Waals surface area contributed by atoms with Crippen LogP contribution in [0, 0.1) is 0 Å². The summed E-state index contributed by atoms with van der Waals surface area (Å²) in [5.41, 5.74) is 0. The van der Waals surface area contributed by atoms with Crippen molar-refractivity contribution in [2.24, 2.45) is 0 Å². The van der Waals surface area contributed by atoms with E-state index in [1.165, 1.54) is 16.3 Å². The van der Waals surface area contributed by atoms with E-state index in [1.54, 1.807) is 0 Å². The third kappa shape index (κ3) is 6.82. The van der Waals surface area contributed by atoms with E-state index in [0.29, 0.717) is 0 Å². The zero-order valence-electron chi connectivity index (χ0n) is 8.64. The van der Waals surface area contributed by atoms with Crippen molar-refractivity contribution < 1.29 is 9.47 Å². The Kier molecular flexibility index (Phi) is 9.33. The fourth-order valence-electron chi connectivity index (χ4n) is 0.949. The van der Waals surface area contributed by atoms with E-state index < -0.39 is 0 Å². The summed E-state index contributed by atoms with van der Waals surface area (Å²) >= 11 is 0. The van der Waals surface area contributed by atoms with Crippen molar-refractivity contribution in [3.8, 4) is 0 Å². The Morgan fingerprint density at radius 1 is 1.08 bits per heavy atom. The van der Waals surface area contributed by atoms with Gasteiger partial charge in [-0.2, -0.15) is 0 Å². The van der Waals surface area contributed by atoms with Gasteiger partial charge in [0.25, 0.3) is 0 Å². The molecular formula is C9H22O2Si. The van der Waals surface area contributed by atoms with E-state index in [9.17, 15) is 0 Å². The monoisotopic (exact) mass is 190 g/mol. The third-order valence-corrected chi connectivity index (χ3v) is 2.12. The fourth-order valence-corrected chi connectivity index (χ4v) is 1.42. The van der Waals surface area contributed by atoms with Gasteiger partial charge in [-0.05, 0) is 19.3 Å². The SMILES string of the molecule is CCCOC(CC[SiH3])OCCC. The van der Waals surface area contributed by atoms with Gasteiger partial charge in [0, 0.05) is 23.5 Å². The van der Waals surface area contributed by atoms with Crippen LogP contribution in [0.25, 0.3) is 0 Å². The van der Waals surface area contributed by atoms with Gasteiger partial charge in [0.2, 0.25) is 0 Å². The molecule has 0 aliphatic carbocycles. The maximum atomic E-state index is 5.53. The molecule has 0 rings (SSSR count). The smallest absolute Gasteiger partial charge is 0.157 e. The van der Waals surface area contributed by atoms with E-state index >= 15 is 0 Å². The van der Waals surface area contributed by atoms with Gasteiger partial charge >= 0.3 is 0 Å². The predicted octanol–water partition coefficient (Wildman–Crippen LogP) is 1.34. The molecule has 0 aromatic heterocycles. The maximum Gasteiger partial charge on any atom is 0.157 e. The molecule has 0 radical (unpaired) electrons. The van der Waals surface area contributed by atoms with E-state index in [4.69, 9.17) is 9.47 Å². The molecule has 3 heteroatoms. The minimum Gasteiger partial charge on any atom is -0.353 e. The van der Waals surface area contributed by atoms with Gasteiger partial charge in [0.05, 0.1) is 0 Å². The Labute approximate surface area is 79.1 Å². The molecule has 0 N–H and O–H groups in total. The Balaban J connectivity index is 3.40. The van der Waals surface area contributed by atoms with Crippen LogP contribution in [0.5, 0.6) is 0 Å². The van der Waals surface area contributed by atoms with Crippen LogP contribution in [-0.2, 0) is 9.47 Å². The highest BCUT2D eigenvalue weighted by atomic mass is 28.1. The molecule has 0 bridgehead atoms. The molecule has 0 spiro atoms. The number of hydrogen-bond donors (Lipinski definition) is 0. The third-order valence-electron chi connectivity index (χ3n) is 1.54. The standard InChI is InChI=1S/C9H22O2Si/c1-3-6-10-9(5-8-12)11-7-4-2/h9H,3-8H2,1-2,12H3. The van der Waals surface area contributed by atoms with Crippen molar-refractivity contribution in [1.29, 1.82) is 0 Å². The van der Waals surface area contributed by atoms with Crippen LogP contribution in [0.2, 0.25) is 6.04 Å². The second-order valence-corrected chi connectivity index (χ2v) is 3.96. The number of hydrogen-bond acceptors (Lipinski definition) is 2. The number of rotatable bonds is 8. The Bertz CT molecular complexity index is 80.6. The lowest BCUT2D eigenvalue weighted by Crippen LogP contribution is -2.18. The summed E-state index contributed by atoms with van der Waals surface area (Å²) in [6.07, 6.45) is 3.30. The molecule has 0 aliphatic heterocycles. The summed E-state index contributed by atoms with van der Waals surface area (Å²) in [7, 11) is 1.24. The van der Waals surface area contributed by atoms with Crippen LogP contribution in [0.15, 0.2) is 0 Å². The molecule has 2 nitrogen and oxygen atoms in total. The molecule has 74 valence electrons. The lowest BCUT2D eigenvalue weighted by atomic mass is 10.4. The van der Waals surface area contributed by atoms with Crippen molar-refractivity contribution in [3.05, 3.63) is 0 Å². The highest BCUT2D eigenvalue weighted by Gasteiger charge is 2.05. The summed E-state index contributed by atoms with van der Waals surface area (Å²) in [4.78, 5) is 0. The van der Waals surface area contributed by atoms with Gasteiger partial charge in [0.1, 0.15) is 0 Å². The molecule has 0 aromatic carbocycles. The average Bonchev–Trinajstić information content (AvgIpc) is 2.10. The minimum absolute atomic E-state index is 0.0717. The van der Waals surface area contributed by atoms with Gasteiger partial charge in [-0.25, -0.2) is 0 Å². The van der Waals surface area contributed by atoms with Crippen LogP contribution < -0.4 is 0 Å². The zero-order valence-corrected chi connectivity index (χ0v) is 10.6. The second kappa shape index (κ2) is 9.23. The molecule has 12 heavy (non-hydrogen) atoms.